The van der Waals surface area contributed by atoms with Crippen molar-refractivity contribution in [3.05, 3.63) is 0 Å². The molecule has 0 aromatic carbocycles. The lowest BCUT2D eigenvalue weighted by Crippen LogP contribution is -2.44. The van der Waals surface area contributed by atoms with E-state index >= 15 is 0 Å². The maximum absolute atomic E-state index is 12.1. The molecule has 2 N–H and O–H groups in total. The summed E-state index contributed by atoms with van der Waals surface area (Å²) in [6.45, 7) is 6.03. The van der Waals surface area contributed by atoms with E-state index in [1.54, 1.807) is 6.92 Å². The second-order valence-corrected chi connectivity index (χ2v) is 6.25. The second kappa shape index (κ2) is 7.64. The van der Waals surface area contributed by atoms with Crippen LogP contribution in [0.1, 0.15) is 39.0 Å². The Morgan fingerprint density at radius 1 is 1.24 bits per heavy atom. The molecule has 0 aliphatic carbocycles. The number of rotatable bonds is 5. The van der Waals surface area contributed by atoms with E-state index in [4.69, 9.17) is 5.11 Å². The van der Waals surface area contributed by atoms with Gasteiger partial charge in [0.1, 0.15) is 0 Å². The van der Waals surface area contributed by atoms with Crippen LogP contribution >= 0.6 is 0 Å². The van der Waals surface area contributed by atoms with Crippen molar-refractivity contribution in [3.63, 3.8) is 0 Å². The molecule has 6 heteroatoms. The van der Waals surface area contributed by atoms with E-state index < -0.39 is 11.9 Å². The number of amides is 2. The minimum atomic E-state index is -0.810. The third-order valence-corrected chi connectivity index (χ3v) is 4.63. The molecule has 0 aromatic rings. The van der Waals surface area contributed by atoms with E-state index in [-0.39, 0.29) is 6.03 Å². The first-order chi connectivity index (χ1) is 10.1. The number of urea groups is 1. The third-order valence-electron chi connectivity index (χ3n) is 4.63. The van der Waals surface area contributed by atoms with Crippen LogP contribution in [0.4, 0.5) is 4.79 Å². The van der Waals surface area contributed by atoms with Crippen LogP contribution in [0, 0.1) is 5.92 Å². The van der Waals surface area contributed by atoms with Gasteiger partial charge in [-0.15, -0.1) is 0 Å². The summed E-state index contributed by atoms with van der Waals surface area (Å²) >= 11 is 0. The maximum atomic E-state index is 12.1. The predicted molar refractivity (Wildman–Crippen MR) is 80.2 cm³/mol. The van der Waals surface area contributed by atoms with Crippen LogP contribution in [-0.4, -0.2) is 65.7 Å². The summed E-state index contributed by atoms with van der Waals surface area (Å²) in [7, 11) is 0. The van der Waals surface area contributed by atoms with Gasteiger partial charge < -0.3 is 15.3 Å². The zero-order chi connectivity index (χ0) is 15.2. The number of likely N-dealkylation sites (tertiary alicyclic amines) is 2. The van der Waals surface area contributed by atoms with Gasteiger partial charge >= 0.3 is 12.0 Å². The lowest BCUT2D eigenvalue weighted by Gasteiger charge is -2.32. The van der Waals surface area contributed by atoms with Crippen molar-refractivity contribution in [1.82, 2.24) is 15.1 Å². The molecule has 120 valence electrons. The Morgan fingerprint density at radius 2 is 1.95 bits per heavy atom. The summed E-state index contributed by atoms with van der Waals surface area (Å²) in [5, 5.41) is 11.6. The summed E-state index contributed by atoms with van der Waals surface area (Å²) in [5.74, 6) is -1.22. The molecule has 2 fully saturated rings. The summed E-state index contributed by atoms with van der Waals surface area (Å²) in [6, 6.07) is 0.459. The van der Waals surface area contributed by atoms with Gasteiger partial charge in [0.15, 0.2) is 0 Å². The number of hydrogen-bond donors (Lipinski definition) is 2. The lowest BCUT2D eigenvalue weighted by molar-refractivity contribution is -0.141. The van der Waals surface area contributed by atoms with Crippen LogP contribution in [0.15, 0.2) is 0 Å². The average molecular weight is 297 g/mol. The van der Waals surface area contributed by atoms with E-state index in [1.807, 2.05) is 4.90 Å². The number of carboxylic acids is 1. The molecule has 2 rings (SSSR count). The van der Waals surface area contributed by atoms with E-state index in [1.165, 1.54) is 19.3 Å². The summed E-state index contributed by atoms with van der Waals surface area (Å²) < 4.78 is 0. The molecule has 2 aliphatic heterocycles. The largest absolute Gasteiger partial charge is 0.481 e. The standard InChI is InChI=1S/C15H27N3O3/c1-12(14(19)20)5-7-16-15(21)18-10-6-13(11-18)17-8-3-2-4-9-17/h12-13H,2-11H2,1H3,(H,16,21)(H,19,20). The maximum Gasteiger partial charge on any atom is 0.317 e. The highest BCUT2D eigenvalue weighted by Crippen LogP contribution is 2.20. The number of nitrogens with zero attached hydrogens (tertiary/aromatic N) is 2. The second-order valence-electron chi connectivity index (χ2n) is 6.25. The van der Waals surface area contributed by atoms with Gasteiger partial charge in [0.05, 0.1) is 5.92 Å². The Morgan fingerprint density at radius 3 is 2.62 bits per heavy atom. The molecule has 0 saturated carbocycles. The molecule has 0 radical (unpaired) electrons. The van der Waals surface area contributed by atoms with Gasteiger partial charge in [-0.05, 0) is 38.8 Å². The van der Waals surface area contributed by atoms with E-state index in [2.05, 4.69) is 10.2 Å². The third kappa shape index (κ3) is 4.59. The number of hydrogen-bond acceptors (Lipinski definition) is 3. The van der Waals surface area contributed by atoms with Crippen LogP contribution in [-0.2, 0) is 4.79 Å². The number of carbonyl (C=O) groups excluding carboxylic acids is 1. The van der Waals surface area contributed by atoms with Crippen LogP contribution in [0.5, 0.6) is 0 Å². The molecule has 0 aromatic heterocycles. The van der Waals surface area contributed by atoms with Gasteiger partial charge in [-0.1, -0.05) is 13.3 Å². The number of carboxylic acid groups (broad SMARTS) is 1. The van der Waals surface area contributed by atoms with Crippen LogP contribution in [0.2, 0.25) is 0 Å². The summed E-state index contributed by atoms with van der Waals surface area (Å²) in [6.07, 6.45) is 5.41. The zero-order valence-electron chi connectivity index (χ0n) is 12.9. The highest BCUT2D eigenvalue weighted by atomic mass is 16.4. The van der Waals surface area contributed by atoms with E-state index in [9.17, 15) is 9.59 Å². The molecule has 2 heterocycles. The first-order valence-corrected chi connectivity index (χ1v) is 8.07. The molecular formula is C15H27N3O3. The number of aliphatic carboxylic acids is 1. The number of nitrogens with one attached hydrogen (secondary N) is 1. The quantitative estimate of drug-likeness (QED) is 0.804. The Balaban J connectivity index is 1.68. The van der Waals surface area contributed by atoms with Crippen molar-refractivity contribution >= 4 is 12.0 Å². The minimum absolute atomic E-state index is 0.0490. The molecule has 21 heavy (non-hydrogen) atoms. The van der Waals surface area contributed by atoms with Gasteiger partial charge in [-0.3, -0.25) is 9.69 Å². The van der Waals surface area contributed by atoms with Gasteiger partial charge in [-0.25, -0.2) is 4.79 Å². The zero-order valence-corrected chi connectivity index (χ0v) is 12.9. The average Bonchev–Trinajstić information content (AvgIpc) is 2.97. The Kier molecular flexibility index (Phi) is 5.85. The molecule has 2 atom stereocenters. The van der Waals surface area contributed by atoms with Crippen molar-refractivity contribution in [2.45, 2.75) is 45.1 Å². The Hall–Kier alpha value is -1.30. The van der Waals surface area contributed by atoms with Crippen LogP contribution in [0.25, 0.3) is 0 Å². The first-order valence-electron chi connectivity index (χ1n) is 8.07. The fourth-order valence-corrected chi connectivity index (χ4v) is 3.14. The van der Waals surface area contributed by atoms with E-state index in [0.717, 1.165) is 32.6 Å². The van der Waals surface area contributed by atoms with Gasteiger partial charge in [0.25, 0.3) is 0 Å². The highest BCUT2D eigenvalue weighted by Gasteiger charge is 2.30. The smallest absolute Gasteiger partial charge is 0.317 e. The monoisotopic (exact) mass is 297 g/mol. The van der Waals surface area contributed by atoms with E-state index in [0.29, 0.717) is 19.0 Å². The van der Waals surface area contributed by atoms with Crippen molar-refractivity contribution in [3.8, 4) is 0 Å². The molecular weight excluding hydrogens is 270 g/mol. The number of carbonyl (C=O) groups is 2. The molecule has 2 unspecified atom stereocenters. The van der Waals surface area contributed by atoms with Crippen molar-refractivity contribution in [1.29, 1.82) is 0 Å². The van der Waals surface area contributed by atoms with Gasteiger partial charge in [0.2, 0.25) is 0 Å². The molecule has 0 spiro atoms. The van der Waals surface area contributed by atoms with Crippen LogP contribution in [0.3, 0.4) is 0 Å². The lowest BCUT2D eigenvalue weighted by atomic mass is 10.1. The normalized spacial score (nSPS) is 24.8. The summed E-state index contributed by atoms with van der Waals surface area (Å²) in [4.78, 5) is 27.2. The molecule has 2 aliphatic rings. The van der Waals surface area contributed by atoms with Crippen molar-refractivity contribution in [2.24, 2.45) is 5.92 Å². The van der Waals surface area contributed by atoms with Crippen molar-refractivity contribution < 1.29 is 14.7 Å². The Bertz CT molecular complexity index is 369. The van der Waals surface area contributed by atoms with Gasteiger partial charge in [-0.2, -0.15) is 0 Å². The van der Waals surface area contributed by atoms with Gasteiger partial charge in [0, 0.05) is 25.7 Å². The molecule has 0 bridgehead atoms. The fourth-order valence-electron chi connectivity index (χ4n) is 3.14. The SMILES string of the molecule is CC(CCNC(=O)N1CCC(N2CCCCC2)C1)C(=O)O. The molecule has 2 saturated heterocycles. The van der Waals surface area contributed by atoms with Crippen molar-refractivity contribution in [2.75, 3.05) is 32.7 Å². The minimum Gasteiger partial charge on any atom is -0.481 e. The fraction of sp³-hybridized carbons (Fsp3) is 0.867. The molecule has 6 nitrogen and oxygen atoms in total. The number of piperidine rings is 1. The highest BCUT2D eigenvalue weighted by molar-refractivity contribution is 5.74. The first kappa shape index (κ1) is 16.1. The predicted octanol–water partition coefficient (Wildman–Crippen LogP) is 1.37. The Labute approximate surface area is 126 Å². The molecule has 2 amide bonds. The summed E-state index contributed by atoms with van der Waals surface area (Å²) in [5.41, 5.74) is 0. The topological polar surface area (TPSA) is 72.9 Å². The van der Waals surface area contributed by atoms with Crippen LogP contribution < -0.4 is 5.32 Å².